The lowest BCUT2D eigenvalue weighted by atomic mass is 10.2. The fourth-order valence-corrected chi connectivity index (χ4v) is 2.44. The number of ether oxygens (including phenoxy) is 1. The van der Waals surface area contributed by atoms with Gasteiger partial charge in [-0.05, 0) is 18.4 Å². The van der Waals surface area contributed by atoms with Gasteiger partial charge in [0.05, 0.1) is 12.7 Å². The van der Waals surface area contributed by atoms with E-state index in [-0.39, 0.29) is 24.8 Å². The average molecular weight is 223 g/mol. The SMILES string of the molecule is Nc1ccn([C@H]2O[C@H](CO)[C@@H]3C[C@@H]32)c(=O)n1. The molecule has 1 aliphatic heterocycles. The monoisotopic (exact) mass is 223 g/mol. The van der Waals surface area contributed by atoms with Crippen molar-refractivity contribution in [3.05, 3.63) is 22.7 Å². The summed E-state index contributed by atoms with van der Waals surface area (Å²) in [5, 5.41) is 9.09. The van der Waals surface area contributed by atoms with E-state index >= 15 is 0 Å². The number of hydrogen-bond donors (Lipinski definition) is 2. The van der Waals surface area contributed by atoms with Gasteiger partial charge >= 0.3 is 5.69 Å². The molecular formula is C10H13N3O3. The zero-order valence-corrected chi connectivity index (χ0v) is 8.61. The highest BCUT2D eigenvalue weighted by molar-refractivity contribution is 5.23. The van der Waals surface area contributed by atoms with E-state index < -0.39 is 5.69 Å². The Morgan fingerprint density at radius 1 is 1.62 bits per heavy atom. The maximum absolute atomic E-state index is 11.6. The molecule has 3 rings (SSSR count). The third-order valence-electron chi connectivity index (χ3n) is 3.35. The van der Waals surface area contributed by atoms with Crippen LogP contribution in [-0.2, 0) is 4.74 Å². The van der Waals surface area contributed by atoms with Crippen LogP contribution in [0.25, 0.3) is 0 Å². The van der Waals surface area contributed by atoms with Crippen LogP contribution < -0.4 is 11.4 Å². The number of aliphatic hydroxyl groups is 1. The molecule has 0 aromatic carbocycles. The van der Waals surface area contributed by atoms with Crippen LogP contribution in [0.1, 0.15) is 12.6 Å². The van der Waals surface area contributed by atoms with E-state index in [1.54, 1.807) is 12.3 Å². The molecule has 86 valence electrons. The van der Waals surface area contributed by atoms with Gasteiger partial charge < -0.3 is 15.6 Å². The van der Waals surface area contributed by atoms with Gasteiger partial charge in [-0.3, -0.25) is 4.57 Å². The Kier molecular flexibility index (Phi) is 2.02. The first-order valence-corrected chi connectivity index (χ1v) is 5.31. The summed E-state index contributed by atoms with van der Waals surface area (Å²) < 4.78 is 7.07. The number of nitrogens with zero attached hydrogens (tertiary/aromatic N) is 2. The fraction of sp³-hybridized carbons (Fsp3) is 0.600. The van der Waals surface area contributed by atoms with E-state index in [0.717, 1.165) is 6.42 Å². The van der Waals surface area contributed by atoms with E-state index in [1.165, 1.54) is 4.57 Å². The molecule has 4 atom stereocenters. The predicted molar refractivity (Wildman–Crippen MR) is 55.5 cm³/mol. The maximum atomic E-state index is 11.6. The van der Waals surface area contributed by atoms with Crippen molar-refractivity contribution in [2.24, 2.45) is 11.8 Å². The molecule has 6 heteroatoms. The van der Waals surface area contributed by atoms with Gasteiger partial charge in [0, 0.05) is 12.1 Å². The van der Waals surface area contributed by atoms with Gasteiger partial charge in [0.2, 0.25) is 0 Å². The lowest BCUT2D eigenvalue weighted by molar-refractivity contribution is -0.0516. The normalized spacial score (nSPS) is 36.1. The maximum Gasteiger partial charge on any atom is 0.351 e. The molecule has 1 saturated heterocycles. The van der Waals surface area contributed by atoms with Crippen molar-refractivity contribution in [2.45, 2.75) is 18.8 Å². The largest absolute Gasteiger partial charge is 0.394 e. The third kappa shape index (κ3) is 1.34. The van der Waals surface area contributed by atoms with Crippen LogP contribution in [0.5, 0.6) is 0 Å². The molecule has 1 aromatic heterocycles. The van der Waals surface area contributed by atoms with Crippen molar-refractivity contribution in [1.29, 1.82) is 0 Å². The van der Waals surface area contributed by atoms with E-state index in [0.29, 0.717) is 11.8 Å². The van der Waals surface area contributed by atoms with Crippen molar-refractivity contribution in [3.8, 4) is 0 Å². The average Bonchev–Trinajstić information content (AvgIpc) is 2.96. The topological polar surface area (TPSA) is 90.4 Å². The molecule has 1 aliphatic carbocycles. The molecule has 6 nitrogen and oxygen atoms in total. The highest BCUT2D eigenvalue weighted by Crippen LogP contribution is 2.56. The molecule has 1 aromatic rings. The second kappa shape index (κ2) is 3.29. The van der Waals surface area contributed by atoms with E-state index in [1.807, 2.05) is 0 Å². The number of hydrogen-bond acceptors (Lipinski definition) is 5. The molecule has 1 saturated carbocycles. The second-order valence-electron chi connectivity index (χ2n) is 4.35. The minimum absolute atomic E-state index is 0.00875. The number of anilines is 1. The second-order valence-corrected chi connectivity index (χ2v) is 4.35. The van der Waals surface area contributed by atoms with Crippen molar-refractivity contribution in [3.63, 3.8) is 0 Å². The molecule has 16 heavy (non-hydrogen) atoms. The molecule has 0 bridgehead atoms. The summed E-state index contributed by atoms with van der Waals surface area (Å²) in [5.41, 5.74) is 5.03. The Hall–Kier alpha value is -1.40. The zero-order valence-electron chi connectivity index (χ0n) is 8.61. The molecule has 0 amide bonds. The number of aromatic nitrogens is 2. The van der Waals surface area contributed by atoms with Crippen LogP contribution >= 0.6 is 0 Å². The predicted octanol–water partition coefficient (Wildman–Crippen LogP) is -0.649. The third-order valence-corrected chi connectivity index (χ3v) is 3.35. The smallest absolute Gasteiger partial charge is 0.351 e. The lowest BCUT2D eigenvalue weighted by Gasteiger charge is -2.18. The van der Waals surface area contributed by atoms with Crippen molar-refractivity contribution in [1.82, 2.24) is 9.55 Å². The molecule has 2 fully saturated rings. The number of aliphatic hydroxyl groups excluding tert-OH is 1. The summed E-state index contributed by atoms with van der Waals surface area (Å²) in [6.07, 6.45) is 2.18. The lowest BCUT2D eigenvalue weighted by Crippen LogP contribution is -2.29. The first-order valence-electron chi connectivity index (χ1n) is 5.31. The van der Waals surface area contributed by atoms with Crippen LogP contribution in [0.15, 0.2) is 17.1 Å². The van der Waals surface area contributed by atoms with Crippen LogP contribution in [0.2, 0.25) is 0 Å². The number of fused-ring (bicyclic) bond motifs is 1. The number of nitrogens with two attached hydrogens (primary N) is 1. The van der Waals surface area contributed by atoms with E-state index in [9.17, 15) is 4.79 Å². The van der Waals surface area contributed by atoms with Gasteiger partial charge in [0.1, 0.15) is 12.0 Å². The number of nitrogen functional groups attached to an aromatic ring is 1. The van der Waals surface area contributed by atoms with Gasteiger partial charge in [-0.25, -0.2) is 4.79 Å². The van der Waals surface area contributed by atoms with Crippen LogP contribution in [-0.4, -0.2) is 27.4 Å². The van der Waals surface area contributed by atoms with Crippen molar-refractivity contribution < 1.29 is 9.84 Å². The van der Waals surface area contributed by atoms with Crippen LogP contribution in [0.3, 0.4) is 0 Å². The Morgan fingerprint density at radius 2 is 2.44 bits per heavy atom. The summed E-state index contributed by atoms with van der Waals surface area (Å²) in [7, 11) is 0. The first kappa shape index (κ1) is 9.80. The molecule has 3 N–H and O–H groups in total. The summed E-state index contributed by atoms with van der Waals surface area (Å²) in [6, 6.07) is 1.58. The minimum Gasteiger partial charge on any atom is -0.394 e. The highest BCUT2D eigenvalue weighted by Gasteiger charge is 2.56. The Labute approximate surface area is 91.7 Å². The zero-order chi connectivity index (χ0) is 11.3. The molecule has 2 aliphatic rings. The molecule has 0 unspecified atom stereocenters. The van der Waals surface area contributed by atoms with Gasteiger partial charge in [0.25, 0.3) is 0 Å². The fourth-order valence-electron chi connectivity index (χ4n) is 2.44. The summed E-state index contributed by atoms with van der Waals surface area (Å²) in [4.78, 5) is 15.3. The Balaban J connectivity index is 1.91. The quantitative estimate of drug-likeness (QED) is 0.695. The first-order chi connectivity index (χ1) is 7.70. The van der Waals surface area contributed by atoms with Crippen molar-refractivity contribution in [2.75, 3.05) is 12.3 Å². The minimum atomic E-state index is -0.394. The Bertz CT molecular complexity index is 473. The van der Waals surface area contributed by atoms with Gasteiger partial charge in [-0.15, -0.1) is 0 Å². The van der Waals surface area contributed by atoms with Gasteiger partial charge in [0.15, 0.2) is 0 Å². The van der Waals surface area contributed by atoms with Crippen molar-refractivity contribution >= 4 is 5.82 Å². The standard InChI is InChI=1S/C10H13N3O3/c11-8-1-2-13(10(15)12-8)9-6-3-5(6)7(4-14)16-9/h1-2,5-7,9,14H,3-4H2,(H2,11,12,15)/t5-,6+,7-,9+/m1/s1. The molecule has 2 heterocycles. The Morgan fingerprint density at radius 3 is 3.06 bits per heavy atom. The van der Waals surface area contributed by atoms with E-state index in [2.05, 4.69) is 4.98 Å². The summed E-state index contributed by atoms with van der Waals surface area (Å²) in [5.74, 6) is 0.935. The summed E-state index contributed by atoms with van der Waals surface area (Å²) >= 11 is 0. The number of rotatable bonds is 2. The highest BCUT2D eigenvalue weighted by atomic mass is 16.5. The van der Waals surface area contributed by atoms with Gasteiger partial charge in [-0.2, -0.15) is 4.98 Å². The van der Waals surface area contributed by atoms with Crippen LogP contribution in [0, 0.1) is 11.8 Å². The molecular weight excluding hydrogens is 210 g/mol. The molecule has 0 radical (unpaired) electrons. The van der Waals surface area contributed by atoms with Gasteiger partial charge in [-0.1, -0.05) is 0 Å². The molecule has 0 spiro atoms. The van der Waals surface area contributed by atoms with E-state index in [4.69, 9.17) is 15.6 Å². The van der Waals surface area contributed by atoms with Crippen LogP contribution in [0.4, 0.5) is 5.82 Å². The summed E-state index contributed by atoms with van der Waals surface area (Å²) in [6.45, 7) is 0.00875.